The van der Waals surface area contributed by atoms with E-state index in [4.69, 9.17) is 0 Å². The number of nitrogens with one attached hydrogen (secondary N) is 2. The molecule has 0 bridgehead atoms. The van der Waals surface area contributed by atoms with E-state index < -0.39 is 5.82 Å². The van der Waals surface area contributed by atoms with Crippen LogP contribution in [0.1, 0.15) is 6.92 Å². The molecule has 0 spiro atoms. The van der Waals surface area contributed by atoms with Gasteiger partial charge in [0.2, 0.25) is 5.91 Å². The number of hydrogen-bond acceptors (Lipinski definition) is 5. The predicted octanol–water partition coefficient (Wildman–Crippen LogP) is 2.77. The molecule has 0 aliphatic heterocycles. The summed E-state index contributed by atoms with van der Waals surface area (Å²) in [6.07, 6.45) is 1.32. The van der Waals surface area contributed by atoms with Gasteiger partial charge in [0.25, 0.3) is 5.56 Å². The highest BCUT2D eigenvalue weighted by Gasteiger charge is 2.15. The maximum absolute atomic E-state index is 13.8. The van der Waals surface area contributed by atoms with Crippen molar-refractivity contribution in [3.05, 3.63) is 45.2 Å². The largest absolute Gasteiger partial charge is 0.323 e. The minimum Gasteiger partial charge on any atom is -0.323 e. The number of rotatable bonds is 5. The molecule has 0 aliphatic carbocycles. The second-order valence-corrected chi connectivity index (χ2v) is 6.86. The molecule has 3 aromatic rings. The van der Waals surface area contributed by atoms with Crippen molar-refractivity contribution in [2.45, 2.75) is 18.6 Å². The summed E-state index contributed by atoms with van der Waals surface area (Å²) in [5.41, 5.74) is 0.468. The lowest BCUT2D eigenvalue weighted by Crippen LogP contribution is -2.15. The van der Waals surface area contributed by atoms with Crippen molar-refractivity contribution < 1.29 is 9.18 Å². The molecule has 0 saturated carbocycles. The minimum atomic E-state index is -0.524. The fourth-order valence-corrected chi connectivity index (χ4v) is 3.42. The number of aromatic amines is 1. The Kier molecular flexibility index (Phi) is 5.19. The molecule has 0 fully saturated rings. The summed E-state index contributed by atoms with van der Waals surface area (Å²) >= 11 is 4.32. The van der Waals surface area contributed by atoms with Crippen molar-refractivity contribution in [2.75, 3.05) is 11.1 Å². The van der Waals surface area contributed by atoms with Crippen LogP contribution in [0, 0.1) is 5.82 Å². The average Bonchev–Trinajstić information content (AvgIpc) is 2.94. The molecule has 2 aromatic heterocycles. The van der Waals surface area contributed by atoms with Crippen molar-refractivity contribution in [3.63, 3.8) is 0 Å². The van der Waals surface area contributed by atoms with Gasteiger partial charge < -0.3 is 14.9 Å². The summed E-state index contributed by atoms with van der Waals surface area (Å²) in [6.45, 7) is 2.45. The number of H-pyrrole nitrogens is 1. The van der Waals surface area contributed by atoms with E-state index in [1.54, 1.807) is 10.6 Å². The molecule has 2 N–H and O–H groups in total. The zero-order valence-corrected chi connectivity index (χ0v) is 15.4. The Morgan fingerprint density at radius 1 is 1.48 bits per heavy atom. The van der Waals surface area contributed by atoms with Crippen LogP contribution in [0.5, 0.6) is 0 Å². The lowest BCUT2D eigenvalue weighted by atomic mass is 10.3. The first-order valence-electron chi connectivity index (χ1n) is 7.31. The second kappa shape index (κ2) is 7.36. The molecule has 2 heterocycles. The molecule has 0 aliphatic rings. The molecule has 10 heteroatoms. The fraction of sp³-hybridized carbons (Fsp3) is 0.200. The number of thioether (sulfide) groups is 1. The number of anilines is 1. The third-order valence-corrected chi connectivity index (χ3v) is 4.83. The number of aromatic nitrogens is 4. The van der Waals surface area contributed by atoms with E-state index in [1.807, 2.05) is 6.92 Å². The van der Waals surface area contributed by atoms with E-state index in [0.29, 0.717) is 21.8 Å². The van der Waals surface area contributed by atoms with Crippen LogP contribution in [0.3, 0.4) is 0 Å². The van der Waals surface area contributed by atoms with Crippen LogP contribution in [-0.4, -0.2) is 31.2 Å². The van der Waals surface area contributed by atoms with Gasteiger partial charge in [0.05, 0.1) is 17.8 Å². The van der Waals surface area contributed by atoms with E-state index in [1.165, 1.54) is 18.5 Å². The number of fused-ring (bicyclic) bond motifs is 1. The first-order chi connectivity index (χ1) is 12.0. The van der Waals surface area contributed by atoms with Crippen molar-refractivity contribution >= 4 is 50.5 Å². The van der Waals surface area contributed by atoms with Crippen LogP contribution in [-0.2, 0) is 11.3 Å². The Morgan fingerprint density at radius 2 is 2.28 bits per heavy atom. The summed E-state index contributed by atoms with van der Waals surface area (Å²) in [7, 11) is 0. The maximum Gasteiger partial charge on any atom is 0.278 e. The lowest BCUT2D eigenvalue weighted by molar-refractivity contribution is -0.113. The number of carbonyl (C=O) groups excluding carboxylic acids is 1. The molecule has 1 aromatic carbocycles. The number of nitrogens with zero attached hydrogens (tertiary/aromatic N) is 3. The highest BCUT2D eigenvalue weighted by atomic mass is 79.9. The number of carbonyl (C=O) groups is 1. The van der Waals surface area contributed by atoms with Crippen LogP contribution in [0.4, 0.5) is 10.1 Å². The van der Waals surface area contributed by atoms with E-state index in [2.05, 4.69) is 36.2 Å². The highest BCUT2D eigenvalue weighted by Crippen LogP contribution is 2.22. The van der Waals surface area contributed by atoms with Gasteiger partial charge in [-0.2, -0.15) is 0 Å². The Labute approximate surface area is 154 Å². The fourth-order valence-electron chi connectivity index (χ4n) is 2.23. The molecule has 25 heavy (non-hydrogen) atoms. The van der Waals surface area contributed by atoms with Crippen LogP contribution >= 0.6 is 27.7 Å². The topological polar surface area (TPSA) is 92.7 Å². The molecule has 0 saturated heterocycles. The van der Waals surface area contributed by atoms with Gasteiger partial charge in [-0.15, -0.1) is 0 Å². The van der Waals surface area contributed by atoms with Gasteiger partial charge in [0.1, 0.15) is 5.82 Å². The number of aryl methyl sites for hydroxylation is 1. The van der Waals surface area contributed by atoms with E-state index in [-0.39, 0.29) is 28.4 Å². The first-order valence-corrected chi connectivity index (χ1v) is 9.09. The Hall–Kier alpha value is -2.20. The monoisotopic (exact) mass is 425 g/mol. The number of halogens is 2. The Balaban J connectivity index is 1.75. The first kappa shape index (κ1) is 17.6. The molecule has 0 radical (unpaired) electrons. The number of amides is 1. The lowest BCUT2D eigenvalue weighted by Gasteiger charge is -2.07. The van der Waals surface area contributed by atoms with E-state index in [9.17, 15) is 14.0 Å². The molecule has 0 unspecified atom stereocenters. The van der Waals surface area contributed by atoms with Crippen LogP contribution in [0.25, 0.3) is 11.2 Å². The number of imidazole rings is 1. The summed E-state index contributed by atoms with van der Waals surface area (Å²) in [5, 5.41) is 3.02. The third-order valence-electron chi connectivity index (χ3n) is 3.36. The van der Waals surface area contributed by atoms with Gasteiger partial charge in [-0.25, -0.2) is 14.4 Å². The van der Waals surface area contributed by atoms with Crippen LogP contribution < -0.4 is 10.9 Å². The zero-order chi connectivity index (χ0) is 18.0. The Bertz CT molecular complexity index is 1000. The van der Waals surface area contributed by atoms with Gasteiger partial charge in [0.15, 0.2) is 16.3 Å². The van der Waals surface area contributed by atoms with E-state index >= 15 is 0 Å². The van der Waals surface area contributed by atoms with Gasteiger partial charge >= 0.3 is 0 Å². The smallest absolute Gasteiger partial charge is 0.278 e. The van der Waals surface area contributed by atoms with Gasteiger partial charge in [-0.1, -0.05) is 27.7 Å². The maximum atomic E-state index is 13.8. The van der Waals surface area contributed by atoms with Crippen molar-refractivity contribution in [1.29, 1.82) is 0 Å². The molecule has 1 amide bonds. The average molecular weight is 426 g/mol. The van der Waals surface area contributed by atoms with Crippen LogP contribution in [0.15, 0.2) is 39.0 Å². The van der Waals surface area contributed by atoms with Crippen molar-refractivity contribution in [1.82, 2.24) is 19.5 Å². The molecule has 3 rings (SSSR count). The summed E-state index contributed by atoms with van der Waals surface area (Å²) in [6, 6.07) is 4.39. The molecule has 130 valence electrons. The standard InChI is InChI=1S/C15H13BrFN5O2S/c1-2-22-13-12(14(24)19-7-18-13)21-15(22)25-6-11(23)20-10-4-3-8(16)5-9(10)17/h3-5,7H,2,6H2,1H3,(H,20,23)(H,18,19,24). The minimum absolute atomic E-state index is 0.0245. The third kappa shape index (κ3) is 3.74. The molecule has 7 nitrogen and oxygen atoms in total. The zero-order valence-electron chi connectivity index (χ0n) is 13.0. The number of benzene rings is 1. The quantitative estimate of drug-likeness (QED) is 0.613. The van der Waals surface area contributed by atoms with Crippen molar-refractivity contribution in [2.24, 2.45) is 0 Å². The van der Waals surface area contributed by atoms with E-state index in [0.717, 1.165) is 11.8 Å². The normalized spacial score (nSPS) is 11.0. The predicted molar refractivity (Wildman–Crippen MR) is 97.3 cm³/mol. The summed E-state index contributed by atoms with van der Waals surface area (Å²) in [4.78, 5) is 34.7. The van der Waals surface area contributed by atoms with Gasteiger partial charge in [-0.05, 0) is 25.1 Å². The highest BCUT2D eigenvalue weighted by molar-refractivity contribution is 9.10. The number of hydrogen-bond donors (Lipinski definition) is 2. The second-order valence-electron chi connectivity index (χ2n) is 5.00. The molecule has 0 atom stereocenters. The van der Waals surface area contributed by atoms with Gasteiger partial charge in [0, 0.05) is 11.0 Å². The van der Waals surface area contributed by atoms with Crippen LogP contribution in [0.2, 0.25) is 0 Å². The molecular formula is C15H13BrFN5O2S. The SMILES string of the molecule is CCn1c(SCC(=O)Nc2ccc(Br)cc2F)nc2c(=O)[nH]cnc21. The van der Waals surface area contributed by atoms with Gasteiger partial charge in [-0.3, -0.25) is 9.59 Å². The Morgan fingerprint density at radius 3 is 3.00 bits per heavy atom. The molecular weight excluding hydrogens is 413 g/mol. The van der Waals surface area contributed by atoms with Crippen molar-refractivity contribution in [3.8, 4) is 0 Å². The summed E-state index contributed by atoms with van der Waals surface area (Å²) in [5.74, 6) is -0.872. The summed E-state index contributed by atoms with van der Waals surface area (Å²) < 4.78 is 16.1.